The molecule has 154 valence electrons. The van der Waals surface area contributed by atoms with Crippen LogP contribution in [0.15, 0.2) is 56.6 Å². The molecular weight excluding hydrogens is 399 g/mol. The summed E-state index contributed by atoms with van der Waals surface area (Å²) in [6, 6.07) is 10.4. The first-order chi connectivity index (χ1) is 14.0. The van der Waals surface area contributed by atoms with Gasteiger partial charge in [0.2, 0.25) is 10.0 Å². The summed E-state index contributed by atoms with van der Waals surface area (Å²) >= 11 is 0. The molecule has 0 N–H and O–H groups in total. The van der Waals surface area contributed by atoms with E-state index in [4.69, 9.17) is 9.15 Å². The van der Waals surface area contributed by atoms with Gasteiger partial charge in [0.05, 0.1) is 17.0 Å². The van der Waals surface area contributed by atoms with Crippen molar-refractivity contribution in [1.29, 1.82) is 0 Å². The first-order valence-electron chi connectivity index (χ1n) is 9.48. The molecule has 7 nitrogen and oxygen atoms in total. The quantitative estimate of drug-likeness (QED) is 0.612. The number of sulfonamides is 1. The molecule has 9 heteroatoms. The van der Waals surface area contributed by atoms with Crippen molar-refractivity contribution in [3.8, 4) is 5.75 Å². The van der Waals surface area contributed by atoms with Crippen LogP contribution in [0.4, 0.5) is 4.39 Å². The fraction of sp³-hybridized carbons (Fsp3) is 0.350. The molecule has 1 aromatic heterocycles. The molecular formula is C20H21FN2O5S. The Morgan fingerprint density at radius 2 is 1.83 bits per heavy atom. The highest BCUT2D eigenvalue weighted by molar-refractivity contribution is 7.89. The van der Waals surface area contributed by atoms with Gasteiger partial charge in [0.15, 0.2) is 17.1 Å². The molecule has 0 aliphatic carbocycles. The monoisotopic (exact) mass is 420 g/mol. The highest BCUT2D eigenvalue weighted by Gasteiger charge is 2.26. The number of hydrogen-bond donors (Lipinski definition) is 0. The van der Waals surface area contributed by atoms with Gasteiger partial charge in [0.25, 0.3) is 0 Å². The summed E-state index contributed by atoms with van der Waals surface area (Å²) in [5.41, 5.74) is 0.656. The van der Waals surface area contributed by atoms with Crippen LogP contribution in [-0.2, 0) is 16.6 Å². The van der Waals surface area contributed by atoms with E-state index in [9.17, 15) is 17.6 Å². The van der Waals surface area contributed by atoms with Crippen LogP contribution in [0.3, 0.4) is 0 Å². The predicted octanol–water partition coefficient (Wildman–Crippen LogP) is 2.99. The minimum absolute atomic E-state index is 0.0588. The molecule has 0 atom stereocenters. The van der Waals surface area contributed by atoms with Crippen molar-refractivity contribution >= 4 is 21.1 Å². The van der Waals surface area contributed by atoms with Crippen LogP contribution in [0.2, 0.25) is 0 Å². The van der Waals surface area contributed by atoms with Crippen molar-refractivity contribution in [1.82, 2.24) is 8.87 Å². The summed E-state index contributed by atoms with van der Waals surface area (Å²) in [6.07, 6.45) is 2.71. The molecule has 0 radical (unpaired) electrons. The van der Waals surface area contributed by atoms with Crippen molar-refractivity contribution in [3.63, 3.8) is 0 Å². The standard InChI is InChI=1S/C20H21FN2O5S/c21-16-6-2-3-7-18(16)27-13-12-23-17-9-8-15(14-19(17)28-20(23)24)29(25,26)22-10-4-1-5-11-22/h2-3,6-9,14H,1,4-5,10-13H2. The zero-order valence-corrected chi connectivity index (χ0v) is 16.5. The van der Waals surface area contributed by atoms with Gasteiger partial charge in [-0.1, -0.05) is 18.6 Å². The Hall–Kier alpha value is -2.65. The average Bonchev–Trinajstić information content (AvgIpc) is 3.04. The van der Waals surface area contributed by atoms with E-state index in [2.05, 4.69) is 0 Å². The van der Waals surface area contributed by atoms with Gasteiger partial charge in [-0.3, -0.25) is 4.57 Å². The molecule has 2 aromatic carbocycles. The number of nitrogens with zero attached hydrogens (tertiary/aromatic N) is 2. The summed E-state index contributed by atoms with van der Waals surface area (Å²) in [7, 11) is -3.62. The number of aromatic nitrogens is 1. The number of fused-ring (bicyclic) bond motifs is 1. The van der Waals surface area contributed by atoms with E-state index in [1.54, 1.807) is 18.2 Å². The highest BCUT2D eigenvalue weighted by Crippen LogP contribution is 2.24. The SMILES string of the molecule is O=c1oc2cc(S(=O)(=O)N3CCCCC3)ccc2n1CCOc1ccccc1F. The second-order valence-corrected chi connectivity index (χ2v) is 8.83. The summed E-state index contributed by atoms with van der Waals surface area (Å²) in [5, 5.41) is 0. The van der Waals surface area contributed by atoms with E-state index in [1.165, 1.54) is 33.1 Å². The smallest absolute Gasteiger partial charge is 0.420 e. The largest absolute Gasteiger partial charge is 0.489 e. The van der Waals surface area contributed by atoms with Crippen molar-refractivity contribution in [3.05, 3.63) is 58.8 Å². The Balaban J connectivity index is 1.55. The second-order valence-electron chi connectivity index (χ2n) is 6.89. The van der Waals surface area contributed by atoms with E-state index in [-0.39, 0.29) is 29.4 Å². The number of ether oxygens (including phenoxy) is 1. The zero-order chi connectivity index (χ0) is 20.4. The number of para-hydroxylation sites is 1. The lowest BCUT2D eigenvalue weighted by atomic mass is 10.2. The van der Waals surface area contributed by atoms with Crippen molar-refractivity contribution in [2.75, 3.05) is 19.7 Å². The summed E-state index contributed by atoms with van der Waals surface area (Å²) in [6.45, 7) is 1.19. The molecule has 0 bridgehead atoms. The molecule has 1 aliphatic rings. The first kappa shape index (κ1) is 19.7. The predicted molar refractivity (Wildman–Crippen MR) is 105 cm³/mol. The van der Waals surface area contributed by atoms with Gasteiger partial charge in [0.1, 0.15) is 6.61 Å². The number of hydrogen-bond acceptors (Lipinski definition) is 5. The normalized spacial score (nSPS) is 15.6. The average molecular weight is 420 g/mol. The van der Waals surface area contributed by atoms with Crippen LogP contribution in [0, 0.1) is 5.82 Å². The summed E-state index contributed by atoms with van der Waals surface area (Å²) < 4.78 is 52.7. The molecule has 1 saturated heterocycles. The third-order valence-corrected chi connectivity index (χ3v) is 6.90. The topological polar surface area (TPSA) is 81.7 Å². The van der Waals surface area contributed by atoms with E-state index < -0.39 is 21.6 Å². The third kappa shape index (κ3) is 3.92. The van der Waals surface area contributed by atoms with Gasteiger partial charge in [-0.2, -0.15) is 4.31 Å². The van der Waals surface area contributed by atoms with Crippen LogP contribution in [0.5, 0.6) is 5.75 Å². The zero-order valence-electron chi connectivity index (χ0n) is 15.7. The van der Waals surface area contributed by atoms with E-state index >= 15 is 0 Å². The van der Waals surface area contributed by atoms with Crippen molar-refractivity contribution in [2.45, 2.75) is 30.7 Å². The van der Waals surface area contributed by atoms with E-state index in [0.29, 0.717) is 18.6 Å². The van der Waals surface area contributed by atoms with E-state index in [1.807, 2.05) is 0 Å². The number of piperidine rings is 1. The third-order valence-electron chi connectivity index (χ3n) is 5.00. The molecule has 0 amide bonds. The van der Waals surface area contributed by atoms with Gasteiger partial charge >= 0.3 is 5.76 Å². The van der Waals surface area contributed by atoms with Gasteiger partial charge in [-0.25, -0.2) is 17.6 Å². The molecule has 1 aliphatic heterocycles. The molecule has 29 heavy (non-hydrogen) atoms. The molecule has 4 rings (SSSR count). The maximum atomic E-state index is 13.6. The first-order valence-corrected chi connectivity index (χ1v) is 10.9. The Labute approximate surface area is 167 Å². The molecule has 0 unspecified atom stereocenters. The van der Waals surface area contributed by atoms with Gasteiger partial charge in [-0.05, 0) is 37.1 Å². The lowest BCUT2D eigenvalue weighted by Crippen LogP contribution is -2.35. The number of benzene rings is 2. The molecule has 1 fully saturated rings. The summed E-state index contributed by atoms with van der Waals surface area (Å²) in [4.78, 5) is 12.3. The fourth-order valence-corrected chi connectivity index (χ4v) is 5.01. The molecule has 0 spiro atoms. The van der Waals surface area contributed by atoms with Crippen LogP contribution in [0.25, 0.3) is 11.1 Å². The maximum absolute atomic E-state index is 13.6. The van der Waals surface area contributed by atoms with Gasteiger partial charge < -0.3 is 9.15 Å². The summed E-state index contributed by atoms with van der Waals surface area (Å²) in [5.74, 6) is -1.00. The van der Waals surface area contributed by atoms with Gasteiger partial charge in [0, 0.05) is 19.2 Å². The van der Waals surface area contributed by atoms with Crippen LogP contribution in [0.1, 0.15) is 19.3 Å². The lowest BCUT2D eigenvalue weighted by Gasteiger charge is -2.25. The van der Waals surface area contributed by atoms with Crippen molar-refractivity contribution < 1.29 is 22.0 Å². The van der Waals surface area contributed by atoms with Crippen LogP contribution in [-0.4, -0.2) is 37.0 Å². The second kappa shape index (κ2) is 8.00. The Bertz CT molecular complexity index is 1180. The lowest BCUT2D eigenvalue weighted by molar-refractivity contribution is 0.281. The Morgan fingerprint density at radius 3 is 2.59 bits per heavy atom. The molecule has 2 heterocycles. The molecule has 0 saturated carbocycles. The minimum atomic E-state index is -3.62. The number of halogens is 1. The number of oxazole rings is 1. The highest BCUT2D eigenvalue weighted by atomic mass is 32.2. The van der Waals surface area contributed by atoms with Crippen LogP contribution < -0.4 is 10.5 Å². The maximum Gasteiger partial charge on any atom is 0.420 e. The number of rotatable bonds is 6. The minimum Gasteiger partial charge on any atom is -0.489 e. The Kier molecular flexibility index (Phi) is 5.42. The van der Waals surface area contributed by atoms with Crippen LogP contribution >= 0.6 is 0 Å². The van der Waals surface area contributed by atoms with E-state index in [0.717, 1.165) is 19.3 Å². The fourth-order valence-electron chi connectivity index (χ4n) is 3.48. The Morgan fingerprint density at radius 1 is 1.07 bits per heavy atom. The van der Waals surface area contributed by atoms with Crippen molar-refractivity contribution in [2.24, 2.45) is 0 Å². The van der Waals surface area contributed by atoms with Gasteiger partial charge in [-0.15, -0.1) is 0 Å². The molecule has 3 aromatic rings.